The molecule has 0 heterocycles. The lowest BCUT2D eigenvalue weighted by atomic mass is 10.1. The fourth-order valence-corrected chi connectivity index (χ4v) is 2.31. The summed E-state index contributed by atoms with van der Waals surface area (Å²) in [4.78, 5) is 0. The zero-order valence-electron chi connectivity index (χ0n) is 11.0. The maximum absolute atomic E-state index is 5.95. The normalized spacial score (nSPS) is 10.3. The number of halogens is 1. The number of methoxy groups -OCH3 is 1. The minimum atomic E-state index is 0.663. The average Bonchev–Trinajstić information content (AvgIpc) is 2.40. The smallest absolute Gasteiger partial charge is 0.123 e. The first-order chi connectivity index (χ1) is 9.10. The number of nitrogens with two attached hydrogens (primary N) is 1. The van der Waals surface area contributed by atoms with Crippen molar-refractivity contribution in [3.05, 3.63) is 52.0 Å². The number of ether oxygens (including phenoxy) is 1. The molecule has 3 N–H and O–H groups in total. The first kappa shape index (κ1) is 13.7. The van der Waals surface area contributed by atoms with E-state index in [4.69, 9.17) is 10.5 Å². The zero-order valence-corrected chi connectivity index (χ0v) is 12.6. The van der Waals surface area contributed by atoms with E-state index in [2.05, 4.69) is 21.2 Å². The third kappa shape index (κ3) is 3.41. The van der Waals surface area contributed by atoms with Gasteiger partial charge in [0.1, 0.15) is 5.75 Å². The predicted octanol–water partition coefficient (Wildman–Crippen LogP) is 3.96. The molecule has 0 aliphatic heterocycles. The fraction of sp³-hybridized carbons (Fsp3) is 0.200. The zero-order chi connectivity index (χ0) is 13.8. The monoisotopic (exact) mass is 320 g/mol. The summed E-state index contributed by atoms with van der Waals surface area (Å²) >= 11 is 3.47. The maximum Gasteiger partial charge on any atom is 0.123 e. The van der Waals surface area contributed by atoms with Crippen molar-refractivity contribution < 1.29 is 4.74 Å². The highest BCUT2D eigenvalue weighted by Crippen LogP contribution is 2.25. The van der Waals surface area contributed by atoms with E-state index in [1.165, 1.54) is 5.56 Å². The Kier molecular flexibility index (Phi) is 4.32. The number of rotatable bonds is 4. The van der Waals surface area contributed by atoms with Crippen molar-refractivity contribution in [1.82, 2.24) is 0 Å². The van der Waals surface area contributed by atoms with Gasteiger partial charge in [0, 0.05) is 16.6 Å². The number of nitrogens with one attached hydrogen (secondary N) is 1. The van der Waals surface area contributed by atoms with E-state index in [-0.39, 0.29) is 0 Å². The Morgan fingerprint density at radius 1 is 1.21 bits per heavy atom. The van der Waals surface area contributed by atoms with Crippen LogP contribution in [0, 0.1) is 6.92 Å². The average molecular weight is 321 g/mol. The largest absolute Gasteiger partial charge is 0.496 e. The van der Waals surface area contributed by atoms with Crippen molar-refractivity contribution in [3.63, 3.8) is 0 Å². The van der Waals surface area contributed by atoms with Gasteiger partial charge in [0.25, 0.3) is 0 Å². The van der Waals surface area contributed by atoms with Gasteiger partial charge in [-0.2, -0.15) is 0 Å². The molecule has 0 saturated heterocycles. The van der Waals surface area contributed by atoms with Gasteiger partial charge in [-0.25, -0.2) is 0 Å². The number of benzene rings is 2. The minimum absolute atomic E-state index is 0.663. The Bertz CT molecular complexity index is 584. The number of aryl methyl sites for hydroxylation is 1. The van der Waals surface area contributed by atoms with Crippen molar-refractivity contribution >= 4 is 27.3 Å². The molecule has 0 saturated carbocycles. The molecule has 0 fully saturated rings. The van der Waals surface area contributed by atoms with Crippen LogP contribution in [0.15, 0.2) is 40.9 Å². The standard InChI is InChI=1S/C15H17BrN2O/c1-10-3-5-13(17)14(7-10)18-9-11-8-12(16)4-6-15(11)19-2/h3-8,18H,9,17H2,1-2H3. The van der Waals surface area contributed by atoms with Crippen LogP contribution in [0.3, 0.4) is 0 Å². The number of hydrogen-bond acceptors (Lipinski definition) is 3. The van der Waals surface area contributed by atoms with E-state index < -0.39 is 0 Å². The van der Waals surface area contributed by atoms with Crippen LogP contribution in [-0.2, 0) is 6.54 Å². The second-order valence-corrected chi connectivity index (χ2v) is 5.32. The predicted molar refractivity (Wildman–Crippen MR) is 83.6 cm³/mol. The molecular formula is C15H17BrN2O. The molecule has 2 aromatic carbocycles. The van der Waals surface area contributed by atoms with E-state index in [1.54, 1.807) is 7.11 Å². The molecule has 0 unspecified atom stereocenters. The minimum Gasteiger partial charge on any atom is -0.496 e. The lowest BCUT2D eigenvalue weighted by Gasteiger charge is -2.13. The Morgan fingerprint density at radius 2 is 2.00 bits per heavy atom. The molecule has 4 heteroatoms. The van der Waals surface area contributed by atoms with Gasteiger partial charge >= 0.3 is 0 Å². The summed E-state index contributed by atoms with van der Waals surface area (Å²) in [7, 11) is 1.67. The quantitative estimate of drug-likeness (QED) is 0.838. The Balaban J connectivity index is 2.18. The van der Waals surface area contributed by atoms with Crippen molar-refractivity contribution in [1.29, 1.82) is 0 Å². The van der Waals surface area contributed by atoms with Crippen LogP contribution in [0.2, 0.25) is 0 Å². The number of nitrogen functional groups attached to an aromatic ring is 1. The second-order valence-electron chi connectivity index (χ2n) is 4.40. The fourth-order valence-electron chi connectivity index (χ4n) is 1.90. The summed E-state index contributed by atoms with van der Waals surface area (Å²) < 4.78 is 6.38. The van der Waals surface area contributed by atoms with Crippen molar-refractivity contribution in [3.8, 4) is 5.75 Å². The highest BCUT2D eigenvalue weighted by atomic mass is 79.9. The Labute approximate surface area is 121 Å². The van der Waals surface area contributed by atoms with E-state index in [0.29, 0.717) is 6.54 Å². The van der Waals surface area contributed by atoms with Crippen LogP contribution in [0.25, 0.3) is 0 Å². The molecule has 0 atom stereocenters. The first-order valence-corrected chi connectivity index (χ1v) is 6.82. The van der Waals surface area contributed by atoms with Crippen LogP contribution in [0.5, 0.6) is 5.75 Å². The van der Waals surface area contributed by atoms with Gasteiger partial charge in [0.15, 0.2) is 0 Å². The molecule has 0 aliphatic carbocycles. The van der Waals surface area contributed by atoms with Crippen molar-refractivity contribution in [2.45, 2.75) is 13.5 Å². The Hall–Kier alpha value is -1.68. The molecule has 0 bridgehead atoms. The number of hydrogen-bond donors (Lipinski definition) is 2. The molecule has 19 heavy (non-hydrogen) atoms. The molecule has 0 aromatic heterocycles. The van der Waals surface area contributed by atoms with Crippen molar-refractivity contribution in [2.24, 2.45) is 0 Å². The summed E-state index contributed by atoms with van der Waals surface area (Å²) in [5, 5.41) is 3.35. The summed E-state index contributed by atoms with van der Waals surface area (Å²) in [6.45, 7) is 2.71. The van der Waals surface area contributed by atoms with Gasteiger partial charge in [-0.3, -0.25) is 0 Å². The van der Waals surface area contributed by atoms with Gasteiger partial charge in [-0.1, -0.05) is 22.0 Å². The van der Waals surface area contributed by atoms with E-state index in [1.807, 2.05) is 43.3 Å². The highest BCUT2D eigenvalue weighted by molar-refractivity contribution is 9.10. The SMILES string of the molecule is COc1ccc(Br)cc1CNc1cc(C)ccc1N. The highest BCUT2D eigenvalue weighted by Gasteiger charge is 2.05. The molecule has 3 nitrogen and oxygen atoms in total. The third-order valence-electron chi connectivity index (χ3n) is 2.92. The molecule has 2 aromatic rings. The molecule has 100 valence electrons. The van der Waals surface area contributed by atoms with Gasteiger partial charge in [-0.05, 0) is 42.8 Å². The summed E-state index contributed by atoms with van der Waals surface area (Å²) in [6, 6.07) is 11.9. The maximum atomic E-state index is 5.95. The number of anilines is 2. The third-order valence-corrected chi connectivity index (χ3v) is 3.41. The van der Waals surface area contributed by atoms with Crippen LogP contribution >= 0.6 is 15.9 Å². The molecule has 0 aliphatic rings. The molecule has 2 rings (SSSR count). The van der Waals surface area contributed by atoms with Gasteiger partial charge in [-0.15, -0.1) is 0 Å². The first-order valence-electron chi connectivity index (χ1n) is 6.02. The van der Waals surface area contributed by atoms with Crippen molar-refractivity contribution in [2.75, 3.05) is 18.2 Å². The molecule has 0 spiro atoms. The van der Waals surface area contributed by atoms with Crippen LogP contribution in [0.1, 0.15) is 11.1 Å². The summed E-state index contributed by atoms with van der Waals surface area (Å²) in [5.41, 5.74) is 9.91. The molecule has 0 radical (unpaired) electrons. The van der Waals surface area contributed by atoms with Crippen LogP contribution < -0.4 is 15.8 Å². The Morgan fingerprint density at radius 3 is 2.74 bits per heavy atom. The van der Waals surface area contributed by atoms with Crippen LogP contribution in [-0.4, -0.2) is 7.11 Å². The van der Waals surface area contributed by atoms with Gasteiger partial charge in [0.05, 0.1) is 18.5 Å². The summed E-state index contributed by atoms with van der Waals surface area (Å²) in [6.07, 6.45) is 0. The van der Waals surface area contributed by atoms with E-state index in [0.717, 1.165) is 27.2 Å². The van der Waals surface area contributed by atoms with E-state index >= 15 is 0 Å². The lowest BCUT2D eigenvalue weighted by Crippen LogP contribution is -2.04. The lowest BCUT2D eigenvalue weighted by molar-refractivity contribution is 0.410. The molecular weight excluding hydrogens is 304 g/mol. The molecule has 0 amide bonds. The van der Waals surface area contributed by atoms with Gasteiger partial charge < -0.3 is 15.8 Å². The van der Waals surface area contributed by atoms with E-state index in [9.17, 15) is 0 Å². The topological polar surface area (TPSA) is 47.3 Å². The summed E-state index contributed by atoms with van der Waals surface area (Å²) in [5.74, 6) is 0.863. The van der Waals surface area contributed by atoms with Gasteiger partial charge in [0.2, 0.25) is 0 Å². The van der Waals surface area contributed by atoms with Crippen LogP contribution in [0.4, 0.5) is 11.4 Å². The second kappa shape index (κ2) is 5.97.